The van der Waals surface area contributed by atoms with Gasteiger partial charge in [-0.1, -0.05) is 42.5 Å². The van der Waals surface area contributed by atoms with Gasteiger partial charge in [-0.15, -0.1) is 0 Å². The second-order valence-corrected chi connectivity index (χ2v) is 7.47. The first-order valence-corrected chi connectivity index (χ1v) is 9.76. The molecule has 0 aliphatic carbocycles. The summed E-state index contributed by atoms with van der Waals surface area (Å²) in [6, 6.07) is 17.9. The molecule has 3 aromatic rings. The van der Waals surface area contributed by atoms with Crippen LogP contribution in [0.25, 0.3) is 10.8 Å². The van der Waals surface area contributed by atoms with E-state index in [4.69, 9.17) is 0 Å². The predicted molar refractivity (Wildman–Crippen MR) is 120 cm³/mol. The fourth-order valence-electron chi connectivity index (χ4n) is 3.46. The van der Waals surface area contributed by atoms with Gasteiger partial charge in [0.25, 0.3) is 5.69 Å². The molecule has 0 spiro atoms. The van der Waals surface area contributed by atoms with Crippen molar-refractivity contribution in [3.05, 3.63) is 81.9 Å². The molecule has 2 amide bonds. The Labute approximate surface area is 180 Å². The van der Waals surface area contributed by atoms with Crippen LogP contribution in [-0.2, 0) is 9.59 Å². The number of hydrogen-bond donors (Lipinski definition) is 2. The third-order valence-corrected chi connectivity index (χ3v) is 5.14. The molecule has 0 unspecified atom stereocenters. The monoisotopic (exact) mass is 420 g/mol. The smallest absolute Gasteiger partial charge is 0.313 e. The van der Waals surface area contributed by atoms with E-state index in [9.17, 15) is 19.7 Å². The van der Waals surface area contributed by atoms with Crippen molar-refractivity contribution < 1.29 is 14.5 Å². The average Bonchev–Trinajstić information content (AvgIpc) is 2.74. The fraction of sp³-hybridized carbons (Fsp3) is 0.217. The van der Waals surface area contributed by atoms with Gasteiger partial charge >= 0.3 is 11.8 Å². The Balaban J connectivity index is 1.70. The quantitative estimate of drug-likeness (QED) is 0.361. The average molecular weight is 420 g/mol. The predicted octanol–water partition coefficient (Wildman–Crippen LogP) is 3.41. The highest BCUT2D eigenvalue weighted by molar-refractivity contribution is 6.39. The third-order valence-electron chi connectivity index (χ3n) is 5.14. The van der Waals surface area contributed by atoms with Crippen LogP contribution in [0.5, 0.6) is 0 Å². The van der Waals surface area contributed by atoms with Crippen LogP contribution in [0, 0.1) is 17.0 Å². The first kappa shape index (κ1) is 21.9. The molecule has 160 valence electrons. The second kappa shape index (κ2) is 9.36. The maximum Gasteiger partial charge on any atom is 0.313 e. The highest BCUT2D eigenvalue weighted by Crippen LogP contribution is 2.27. The van der Waals surface area contributed by atoms with Crippen molar-refractivity contribution in [2.45, 2.75) is 13.0 Å². The van der Waals surface area contributed by atoms with Crippen LogP contribution < -0.4 is 10.6 Å². The summed E-state index contributed by atoms with van der Waals surface area (Å²) in [5.41, 5.74) is 1.82. The second-order valence-electron chi connectivity index (χ2n) is 7.47. The number of hydrogen-bond acceptors (Lipinski definition) is 5. The molecule has 1 atom stereocenters. The number of carbonyl (C=O) groups excluding carboxylic acids is 2. The number of non-ortho nitro benzene ring substituents is 1. The van der Waals surface area contributed by atoms with Gasteiger partial charge < -0.3 is 15.5 Å². The minimum atomic E-state index is -0.827. The van der Waals surface area contributed by atoms with E-state index in [0.717, 1.165) is 16.3 Å². The molecule has 8 heteroatoms. The Morgan fingerprint density at radius 1 is 1.03 bits per heavy atom. The molecule has 0 saturated carbocycles. The standard InChI is InChI=1S/C23H24N4O4/c1-15-13-17(27(30)31)11-12-20(15)25-23(29)22(28)24-14-21(26(2)3)19-10-6-8-16-7-4-5-9-18(16)19/h4-13,21H,14H2,1-3H3,(H,24,28)(H,25,29)/t21-/m0/s1. The van der Waals surface area contributed by atoms with Crippen molar-refractivity contribution in [3.63, 3.8) is 0 Å². The third kappa shape index (κ3) is 5.04. The molecule has 0 aliphatic rings. The number of amides is 2. The van der Waals surface area contributed by atoms with Gasteiger partial charge in [-0.25, -0.2) is 0 Å². The van der Waals surface area contributed by atoms with Crippen LogP contribution in [0.4, 0.5) is 11.4 Å². The number of nitrogens with zero attached hydrogens (tertiary/aromatic N) is 2. The van der Waals surface area contributed by atoms with Gasteiger partial charge in [0, 0.05) is 24.4 Å². The maximum absolute atomic E-state index is 12.4. The van der Waals surface area contributed by atoms with Crippen LogP contribution in [-0.4, -0.2) is 42.3 Å². The van der Waals surface area contributed by atoms with Crippen LogP contribution in [0.3, 0.4) is 0 Å². The Morgan fingerprint density at radius 3 is 2.42 bits per heavy atom. The Hall–Kier alpha value is -3.78. The van der Waals surface area contributed by atoms with E-state index in [0.29, 0.717) is 11.3 Å². The van der Waals surface area contributed by atoms with Gasteiger partial charge in [-0.05, 0) is 49.0 Å². The summed E-state index contributed by atoms with van der Waals surface area (Å²) in [7, 11) is 3.83. The Morgan fingerprint density at radius 2 is 1.74 bits per heavy atom. The molecule has 0 fully saturated rings. The Kier molecular flexibility index (Phi) is 6.61. The van der Waals surface area contributed by atoms with E-state index < -0.39 is 16.7 Å². The minimum absolute atomic E-state index is 0.0798. The number of fused-ring (bicyclic) bond motifs is 1. The molecule has 31 heavy (non-hydrogen) atoms. The van der Waals surface area contributed by atoms with Gasteiger partial charge in [0.1, 0.15) is 0 Å². The van der Waals surface area contributed by atoms with Gasteiger partial charge in [-0.3, -0.25) is 19.7 Å². The molecule has 3 aromatic carbocycles. The SMILES string of the molecule is Cc1cc([N+](=O)[O-])ccc1NC(=O)C(=O)NC[C@@H](c1cccc2ccccc12)N(C)C. The summed E-state index contributed by atoms with van der Waals surface area (Å²) in [6.07, 6.45) is 0. The minimum Gasteiger partial charge on any atom is -0.346 e. The topological polar surface area (TPSA) is 105 Å². The number of nitro groups is 1. The molecule has 0 heterocycles. The van der Waals surface area contributed by atoms with Gasteiger partial charge in [0.2, 0.25) is 0 Å². The van der Waals surface area contributed by atoms with E-state index >= 15 is 0 Å². The number of benzene rings is 3. The van der Waals surface area contributed by atoms with E-state index in [-0.39, 0.29) is 18.3 Å². The van der Waals surface area contributed by atoms with Crippen molar-refractivity contribution in [3.8, 4) is 0 Å². The van der Waals surface area contributed by atoms with E-state index in [1.165, 1.54) is 18.2 Å². The number of likely N-dealkylation sites (N-methyl/N-ethyl adjacent to an activating group) is 1. The molecule has 0 radical (unpaired) electrons. The number of carbonyl (C=O) groups is 2. The lowest BCUT2D eigenvalue weighted by Crippen LogP contribution is -2.40. The molecule has 0 aromatic heterocycles. The number of anilines is 1. The van der Waals surface area contributed by atoms with Crippen LogP contribution in [0.2, 0.25) is 0 Å². The van der Waals surface area contributed by atoms with Crippen LogP contribution >= 0.6 is 0 Å². The van der Waals surface area contributed by atoms with Crippen molar-refractivity contribution in [2.24, 2.45) is 0 Å². The molecule has 3 rings (SSSR count). The number of nitro benzene ring substituents is 1. The number of nitrogens with one attached hydrogen (secondary N) is 2. The normalized spacial score (nSPS) is 11.9. The van der Waals surface area contributed by atoms with Gasteiger partial charge in [-0.2, -0.15) is 0 Å². The highest BCUT2D eigenvalue weighted by atomic mass is 16.6. The van der Waals surface area contributed by atoms with E-state index in [2.05, 4.69) is 10.6 Å². The zero-order chi connectivity index (χ0) is 22.5. The van der Waals surface area contributed by atoms with Crippen LogP contribution in [0.1, 0.15) is 17.2 Å². The number of aryl methyl sites for hydroxylation is 1. The van der Waals surface area contributed by atoms with Crippen LogP contribution in [0.15, 0.2) is 60.7 Å². The largest absolute Gasteiger partial charge is 0.346 e. The molecule has 2 N–H and O–H groups in total. The van der Waals surface area contributed by atoms with Crippen molar-refractivity contribution in [1.82, 2.24) is 10.2 Å². The van der Waals surface area contributed by atoms with Crippen molar-refractivity contribution >= 4 is 34.0 Å². The van der Waals surface area contributed by atoms with Gasteiger partial charge in [0.05, 0.1) is 11.0 Å². The first-order valence-electron chi connectivity index (χ1n) is 9.76. The zero-order valence-electron chi connectivity index (χ0n) is 17.6. The zero-order valence-corrected chi connectivity index (χ0v) is 17.6. The molecule has 0 bridgehead atoms. The summed E-state index contributed by atoms with van der Waals surface area (Å²) in [4.78, 5) is 37.1. The Bertz CT molecular complexity index is 1140. The van der Waals surface area contributed by atoms with E-state index in [1.54, 1.807) is 6.92 Å². The highest BCUT2D eigenvalue weighted by Gasteiger charge is 2.21. The van der Waals surface area contributed by atoms with Gasteiger partial charge in [0.15, 0.2) is 0 Å². The number of rotatable bonds is 6. The molecular formula is C23H24N4O4. The molecule has 0 aliphatic heterocycles. The summed E-state index contributed by atoms with van der Waals surface area (Å²) in [5, 5.41) is 18.2. The summed E-state index contributed by atoms with van der Waals surface area (Å²) in [6.45, 7) is 1.87. The lowest BCUT2D eigenvalue weighted by Gasteiger charge is -2.26. The molecule has 8 nitrogen and oxygen atoms in total. The first-order chi connectivity index (χ1) is 14.8. The van der Waals surface area contributed by atoms with E-state index in [1.807, 2.05) is 61.5 Å². The lowest BCUT2D eigenvalue weighted by molar-refractivity contribution is -0.384. The van der Waals surface area contributed by atoms with Crippen molar-refractivity contribution in [1.29, 1.82) is 0 Å². The fourth-order valence-corrected chi connectivity index (χ4v) is 3.46. The summed E-state index contributed by atoms with van der Waals surface area (Å²) < 4.78 is 0. The lowest BCUT2D eigenvalue weighted by atomic mass is 9.98. The maximum atomic E-state index is 12.4. The van der Waals surface area contributed by atoms with Crippen molar-refractivity contribution in [2.75, 3.05) is 26.0 Å². The molecular weight excluding hydrogens is 396 g/mol. The summed E-state index contributed by atoms with van der Waals surface area (Å²) in [5.74, 6) is -1.60. The molecule has 0 saturated heterocycles. The summed E-state index contributed by atoms with van der Waals surface area (Å²) >= 11 is 0.